The summed E-state index contributed by atoms with van der Waals surface area (Å²) >= 11 is 0. The van der Waals surface area contributed by atoms with E-state index in [1.54, 1.807) is 0 Å². The summed E-state index contributed by atoms with van der Waals surface area (Å²) in [6, 6.07) is 19.0. The van der Waals surface area contributed by atoms with E-state index in [1.807, 2.05) is 6.07 Å². The van der Waals surface area contributed by atoms with E-state index in [-0.39, 0.29) is 6.29 Å². The smallest absolute Gasteiger partial charge is 0.200 e. The van der Waals surface area contributed by atoms with Gasteiger partial charge in [0.25, 0.3) is 0 Å². The Labute approximate surface area is 171 Å². The summed E-state index contributed by atoms with van der Waals surface area (Å²) in [5, 5.41) is 0. The minimum absolute atomic E-state index is 0.183. The third-order valence-electron chi connectivity index (χ3n) is 6.11. The van der Waals surface area contributed by atoms with E-state index in [0.717, 1.165) is 18.6 Å². The molecule has 28 heavy (non-hydrogen) atoms. The summed E-state index contributed by atoms with van der Waals surface area (Å²) in [6.07, 6.45) is 10.0. The molecule has 0 bridgehead atoms. The molecule has 1 aliphatic carbocycles. The lowest BCUT2D eigenvalue weighted by Crippen LogP contribution is -2.24. The largest absolute Gasteiger partial charge is 0.465 e. The second-order valence-electron chi connectivity index (χ2n) is 8.32. The van der Waals surface area contributed by atoms with Crippen LogP contribution in [0.1, 0.15) is 82.3 Å². The van der Waals surface area contributed by atoms with E-state index in [0.29, 0.717) is 18.4 Å². The van der Waals surface area contributed by atoms with Crippen LogP contribution in [0.15, 0.2) is 54.6 Å². The van der Waals surface area contributed by atoms with Crippen molar-refractivity contribution in [2.24, 2.45) is 5.92 Å². The maximum Gasteiger partial charge on any atom is 0.200 e. The number of rotatable bonds is 9. The van der Waals surface area contributed by atoms with E-state index in [2.05, 4.69) is 62.4 Å². The fourth-order valence-electron chi connectivity index (χ4n) is 4.05. The molecule has 1 aliphatic rings. The van der Waals surface area contributed by atoms with E-state index < -0.39 is 0 Å². The van der Waals surface area contributed by atoms with Crippen LogP contribution in [0.2, 0.25) is 0 Å². The summed E-state index contributed by atoms with van der Waals surface area (Å²) in [7, 11) is 0. The van der Waals surface area contributed by atoms with Gasteiger partial charge in [-0.15, -0.1) is 0 Å². The second kappa shape index (κ2) is 11.3. The molecule has 2 heteroatoms. The van der Waals surface area contributed by atoms with Crippen LogP contribution in [-0.2, 0) is 11.3 Å². The molecule has 0 aromatic heterocycles. The quantitative estimate of drug-likeness (QED) is 0.331. The van der Waals surface area contributed by atoms with Gasteiger partial charge in [0.15, 0.2) is 6.29 Å². The summed E-state index contributed by atoms with van der Waals surface area (Å²) in [4.78, 5) is 0. The Kier molecular flexibility index (Phi) is 8.42. The topological polar surface area (TPSA) is 18.5 Å². The van der Waals surface area contributed by atoms with Crippen LogP contribution in [0.4, 0.5) is 0 Å². The Morgan fingerprint density at radius 3 is 2.21 bits per heavy atom. The first-order valence-corrected chi connectivity index (χ1v) is 11.2. The van der Waals surface area contributed by atoms with Crippen LogP contribution in [0, 0.1) is 5.92 Å². The van der Waals surface area contributed by atoms with Gasteiger partial charge in [-0.05, 0) is 41.5 Å². The first-order chi connectivity index (χ1) is 13.7. The van der Waals surface area contributed by atoms with Crippen molar-refractivity contribution in [3.63, 3.8) is 0 Å². The van der Waals surface area contributed by atoms with E-state index in [1.165, 1.54) is 49.7 Å². The predicted octanol–water partition coefficient (Wildman–Crippen LogP) is 7.48. The number of ether oxygens (including phenoxy) is 2. The highest BCUT2D eigenvalue weighted by molar-refractivity contribution is 5.29. The van der Waals surface area contributed by atoms with Gasteiger partial charge in [-0.1, -0.05) is 94.8 Å². The molecule has 1 saturated carbocycles. The molecule has 0 amide bonds. The fraction of sp³-hybridized carbons (Fsp3) is 0.538. The zero-order valence-electron chi connectivity index (χ0n) is 17.6. The van der Waals surface area contributed by atoms with Crippen molar-refractivity contribution in [3.8, 4) is 5.75 Å². The number of hydrogen-bond acceptors (Lipinski definition) is 2. The molecule has 0 N–H and O–H groups in total. The normalized spacial score (nSPS) is 17.6. The zero-order valence-corrected chi connectivity index (χ0v) is 17.6. The average Bonchev–Trinajstić information content (AvgIpc) is 3.01. The van der Waals surface area contributed by atoms with Crippen LogP contribution in [0.25, 0.3) is 0 Å². The molecule has 2 aromatic carbocycles. The van der Waals surface area contributed by atoms with Crippen molar-refractivity contribution >= 4 is 0 Å². The SMILES string of the molecule is CCC(C)c1ccc(OC(CC2CCCCCC2)OCc2ccccc2)cc1. The molecular weight excluding hydrogens is 344 g/mol. The van der Waals surface area contributed by atoms with Crippen molar-refractivity contribution in [2.45, 2.75) is 84.0 Å². The van der Waals surface area contributed by atoms with Gasteiger partial charge in [0.1, 0.15) is 5.75 Å². The summed E-state index contributed by atoms with van der Waals surface area (Å²) in [6.45, 7) is 5.10. The number of benzene rings is 2. The third kappa shape index (κ3) is 6.67. The molecule has 0 saturated heterocycles. The van der Waals surface area contributed by atoms with Crippen LogP contribution in [-0.4, -0.2) is 6.29 Å². The van der Waals surface area contributed by atoms with Gasteiger partial charge in [-0.3, -0.25) is 0 Å². The monoisotopic (exact) mass is 380 g/mol. The highest BCUT2D eigenvalue weighted by atomic mass is 16.7. The Hall–Kier alpha value is -1.80. The predicted molar refractivity (Wildman–Crippen MR) is 117 cm³/mol. The van der Waals surface area contributed by atoms with Crippen molar-refractivity contribution in [3.05, 3.63) is 65.7 Å². The first kappa shape index (κ1) is 20.9. The third-order valence-corrected chi connectivity index (χ3v) is 6.11. The lowest BCUT2D eigenvalue weighted by Gasteiger charge is -2.24. The Balaban J connectivity index is 1.63. The standard InChI is InChI=1S/C26H36O2/c1-3-21(2)24-15-17-25(18-16-24)28-26(19-22-11-7-4-5-8-12-22)27-20-23-13-9-6-10-14-23/h6,9-10,13-18,21-22,26H,3-5,7-8,11-12,19-20H2,1-2H3. The van der Waals surface area contributed by atoms with Crippen LogP contribution in [0.5, 0.6) is 5.75 Å². The minimum Gasteiger partial charge on any atom is -0.465 e. The van der Waals surface area contributed by atoms with E-state index in [9.17, 15) is 0 Å². The maximum absolute atomic E-state index is 6.33. The van der Waals surface area contributed by atoms with Gasteiger partial charge in [-0.2, -0.15) is 0 Å². The van der Waals surface area contributed by atoms with Crippen molar-refractivity contribution in [1.29, 1.82) is 0 Å². The van der Waals surface area contributed by atoms with Gasteiger partial charge in [-0.25, -0.2) is 0 Å². The molecule has 2 atom stereocenters. The lowest BCUT2D eigenvalue weighted by atomic mass is 9.96. The molecular formula is C26H36O2. The van der Waals surface area contributed by atoms with E-state index in [4.69, 9.17) is 9.47 Å². The average molecular weight is 381 g/mol. The Morgan fingerprint density at radius 2 is 1.57 bits per heavy atom. The van der Waals surface area contributed by atoms with Gasteiger partial charge in [0.2, 0.25) is 0 Å². The number of hydrogen-bond donors (Lipinski definition) is 0. The molecule has 0 spiro atoms. The van der Waals surface area contributed by atoms with Crippen molar-refractivity contribution in [1.82, 2.24) is 0 Å². The highest BCUT2D eigenvalue weighted by Crippen LogP contribution is 2.29. The van der Waals surface area contributed by atoms with Crippen LogP contribution in [0.3, 0.4) is 0 Å². The van der Waals surface area contributed by atoms with Crippen molar-refractivity contribution < 1.29 is 9.47 Å². The summed E-state index contributed by atoms with van der Waals surface area (Å²) < 4.78 is 12.6. The Morgan fingerprint density at radius 1 is 0.893 bits per heavy atom. The molecule has 0 heterocycles. The molecule has 152 valence electrons. The van der Waals surface area contributed by atoms with Gasteiger partial charge in [0, 0.05) is 6.42 Å². The molecule has 2 unspecified atom stereocenters. The molecule has 2 aromatic rings. The van der Waals surface area contributed by atoms with Crippen LogP contribution < -0.4 is 4.74 Å². The fourth-order valence-corrected chi connectivity index (χ4v) is 4.05. The molecule has 0 radical (unpaired) electrons. The Bertz CT molecular complexity index is 657. The molecule has 1 fully saturated rings. The minimum atomic E-state index is -0.183. The molecule has 0 aliphatic heterocycles. The summed E-state index contributed by atoms with van der Waals surface area (Å²) in [5.74, 6) is 2.21. The van der Waals surface area contributed by atoms with Gasteiger partial charge in [0.05, 0.1) is 6.61 Å². The lowest BCUT2D eigenvalue weighted by molar-refractivity contribution is -0.102. The van der Waals surface area contributed by atoms with Gasteiger partial charge < -0.3 is 9.47 Å². The van der Waals surface area contributed by atoms with Crippen molar-refractivity contribution in [2.75, 3.05) is 0 Å². The van der Waals surface area contributed by atoms with Crippen LogP contribution >= 0.6 is 0 Å². The molecule has 2 nitrogen and oxygen atoms in total. The molecule has 3 rings (SSSR count). The van der Waals surface area contributed by atoms with E-state index >= 15 is 0 Å². The second-order valence-corrected chi connectivity index (χ2v) is 8.32. The van der Waals surface area contributed by atoms with Gasteiger partial charge >= 0.3 is 0 Å². The zero-order chi connectivity index (χ0) is 19.6. The summed E-state index contributed by atoms with van der Waals surface area (Å²) in [5.41, 5.74) is 2.57. The first-order valence-electron chi connectivity index (χ1n) is 11.2. The maximum atomic E-state index is 6.33. The highest BCUT2D eigenvalue weighted by Gasteiger charge is 2.20.